The predicted octanol–water partition coefficient (Wildman–Crippen LogP) is 2.14. The molecule has 0 fully saturated rings. The Balaban J connectivity index is 3.05. The van der Waals surface area contributed by atoms with E-state index in [9.17, 15) is 0 Å². The molecule has 1 rings (SSSR count). The smallest absolute Gasteiger partial charge is 0.181 e. The van der Waals surface area contributed by atoms with Gasteiger partial charge in [-0.1, -0.05) is 19.0 Å². The Hall–Kier alpha value is -0.510. The fourth-order valence-electron chi connectivity index (χ4n) is 0.664. The number of nitrogen functional groups attached to an aromatic ring is 1. The first-order chi connectivity index (χ1) is 4.63. The number of anilines is 1. The fraction of sp³-hybridized carbons (Fsp3) is 0.500. The SMILES string of the molecule is CC(C)c1onc(N)c1Br. The lowest BCUT2D eigenvalue weighted by atomic mass is 10.2. The van der Waals surface area contributed by atoms with Gasteiger partial charge >= 0.3 is 0 Å². The van der Waals surface area contributed by atoms with Crippen molar-refractivity contribution >= 4 is 21.7 Å². The molecule has 0 saturated heterocycles. The van der Waals surface area contributed by atoms with Crippen LogP contribution >= 0.6 is 15.9 Å². The average Bonchev–Trinajstić information content (AvgIpc) is 2.14. The summed E-state index contributed by atoms with van der Waals surface area (Å²) in [6.45, 7) is 4.04. The Morgan fingerprint density at radius 2 is 2.20 bits per heavy atom. The highest BCUT2D eigenvalue weighted by atomic mass is 79.9. The van der Waals surface area contributed by atoms with Gasteiger partial charge in [0.05, 0.1) is 0 Å². The summed E-state index contributed by atoms with van der Waals surface area (Å²) < 4.78 is 5.71. The van der Waals surface area contributed by atoms with E-state index in [0.29, 0.717) is 11.7 Å². The largest absolute Gasteiger partial charge is 0.380 e. The minimum absolute atomic E-state index is 0.319. The summed E-state index contributed by atoms with van der Waals surface area (Å²) in [7, 11) is 0. The minimum atomic E-state index is 0.319. The number of nitrogens with zero attached hydrogens (tertiary/aromatic N) is 1. The first kappa shape index (κ1) is 7.60. The second kappa shape index (κ2) is 2.62. The number of rotatable bonds is 1. The van der Waals surface area contributed by atoms with Crippen LogP contribution < -0.4 is 5.73 Å². The zero-order chi connectivity index (χ0) is 7.72. The number of nitrogens with two attached hydrogens (primary N) is 1. The Kier molecular flexibility index (Phi) is 1.99. The Morgan fingerprint density at radius 1 is 1.60 bits per heavy atom. The van der Waals surface area contributed by atoms with Crippen molar-refractivity contribution in [2.75, 3.05) is 5.73 Å². The van der Waals surface area contributed by atoms with Crippen molar-refractivity contribution in [2.45, 2.75) is 19.8 Å². The molecule has 0 saturated carbocycles. The van der Waals surface area contributed by atoms with E-state index in [4.69, 9.17) is 10.3 Å². The van der Waals surface area contributed by atoms with Gasteiger partial charge in [-0.25, -0.2) is 0 Å². The van der Waals surface area contributed by atoms with Crippen LogP contribution in [-0.4, -0.2) is 5.16 Å². The van der Waals surface area contributed by atoms with Gasteiger partial charge in [0.25, 0.3) is 0 Å². The third-order valence-corrected chi connectivity index (χ3v) is 2.00. The lowest BCUT2D eigenvalue weighted by molar-refractivity contribution is 0.372. The average molecular weight is 205 g/mol. The molecule has 0 spiro atoms. The van der Waals surface area contributed by atoms with Crippen LogP contribution in [0.1, 0.15) is 25.5 Å². The molecule has 0 bridgehead atoms. The van der Waals surface area contributed by atoms with E-state index in [1.54, 1.807) is 0 Å². The maximum atomic E-state index is 5.43. The molecule has 0 aliphatic heterocycles. The zero-order valence-electron chi connectivity index (χ0n) is 5.89. The van der Waals surface area contributed by atoms with Crippen LogP contribution in [0.2, 0.25) is 0 Å². The van der Waals surface area contributed by atoms with E-state index in [-0.39, 0.29) is 0 Å². The van der Waals surface area contributed by atoms with E-state index >= 15 is 0 Å². The van der Waals surface area contributed by atoms with Crippen LogP contribution in [0.3, 0.4) is 0 Å². The summed E-state index contributed by atoms with van der Waals surface area (Å²) in [5, 5.41) is 3.59. The van der Waals surface area contributed by atoms with Crippen LogP contribution in [0.15, 0.2) is 9.00 Å². The quantitative estimate of drug-likeness (QED) is 0.763. The Morgan fingerprint density at radius 3 is 2.40 bits per heavy atom. The topological polar surface area (TPSA) is 52.0 Å². The van der Waals surface area contributed by atoms with Crippen LogP contribution in [-0.2, 0) is 0 Å². The van der Waals surface area contributed by atoms with Crippen LogP contribution in [0.5, 0.6) is 0 Å². The second-order valence-electron chi connectivity index (χ2n) is 2.40. The van der Waals surface area contributed by atoms with Gasteiger partial charge in [-0.05, 0) is 15.9 Å². The zero-order valence-corrected chi connectivity index (χ0v) is 7.47. The van der Waals surface area contributed by atoms with Crippen LogP contribution in [0, 0.1) is 0 Å². The highest BCUT2D eigenvalue weighted by Gasteiger charge is 2.13. The molecule has 10 heavy (non-hydrogen) atoms. The first-order valence-corrected chi connectivity index (χ1v) is 3.82. The lowest BCUT2D eigenvalue weighted by Gasteiger charge is -1.96. The summed E-state index contributed by atoms with van der Waals surface area (Å²) in [6, 6.07) is 0. The Labute approximate surface area is 67.7 Å². The Bertz CT molecular complexity index is 232. The summed E-state index contributed by atoms with van der Waals surface area (Å²) in [4.78, 5) is 0. The molecule has 0 atom stereocenters. The minimum Gasteiger partial charge on any atom is -0.380 e. The normalized spacial score (nSPS) is 10.8. The molecule has 1 aromatic heterocycles. The fourth-order valence-corrected chi connectivity index (χ4v) is 1.27. The van der Waals surface area contributed by atoms with E-state index < -0.39 is 0 Å². The third kappa shape index (κ3) is 1.16. The maximum absolute atomic E-state index is 5.43. The molecule has 0 aromatic carbocycles. The van der Waals surface area contributed by atoms with Gasteiger partial charge in [0, 0.05) is 5.92 Å². The van der Waals surface area contributed by atoms with Crippen molar-refractivity contribution in [3.8, 4) is 0 Å². The van der Waals surface area contributed by atoms with E-state index in [1.165, 1.54) is 0 Å². The lowest BCUT2D eigenvalue weighted by Crippen LogP contribution is -1.86. The monoisotopic (exact) mass is 204 g/mol. The standard InChI is InChI=1S/C6H9BrN2O/c1-3(2)5-4(7)6(8)9-10-5/h3H,1-2H3,(H2,8,9). The van der Waals surface area contributed by atoms with Crippen molar-refractivity contribution in [1.82, 2.24) is 5.16 Å². The molecule has 1 heterocycles. The van der Waals surface area contributed by atoms with Gasteiger partial charge in [-0.2, -0.15) is 0 Å². The van der Waals surface area contributed by atoms with Crippen molar-refractivity contribution in [3.05, 3.63) is 10.2 Å². The van der Waals surface area contributed by atoms with E-state index in [1.807, 2.05) is 13.8 Å². The maximum Gasteiger partial charge on any atom is 0.181 e. The van der Waals surface area contributed by atoms with Gasteiger partial charge < -0.3 is 10.3 Å². The van der Waals surface area contributed by atoms with Gasteiger partial charge in [0.15, 0.2) is 11.6 Å². The summed E-state index contributed by atoms with van der Waals surface area (Å²) >= 11 is 3.27. The molecule has 2 N–H and O–H groups in total. The first-order valence-electron chi connectivity index (χ1n) is 3.03. The molecular weight excluding hydrogens is 196 g/mol. The third-order valence-electron chi connectivity index (χ3n) is 1.21. The van der Waals surface area contributed by atoms with Gasteiger partial charge in [-0.15, -0.1) is 0 Å². The predicted molar refractivity (Wildman–Crippen MR) is 42.7 cm³/mol. The molecule has 0 radical (unpaired) electrons. The summed E-state index contributed by atoms with van der Waals surface area (Å²) in [5.74, 6) is 1.54. The summed E-state index contributed by atoms with van der Waals surface area (Å²) in [6.07, 6.45) is 0. The molecule has 0 aliphatic carbocycles. The van der Waals surface area contributed by atoms with E-state index in [2.05, 4.69) is 21.1 Å². The van der Waals surface area contributed by atoms with Gasteiger partial charge in [0.1, 0.15) is 4.47 Å². The number of hydrogen-bond acceptors (Lipinski definition) is 3. The van der Waals surface area contributed by atoms with Crippen LogP contribution in [0.25, 0.3) is 0 Å². The molecule has 0 unspecified atom stereocenters. The number of halogens is 1. The summed E-state index contributed by atoms with van der Waals surface area (Å²) in [5.41, 5.74) is 5.43. The van der Waals surface area contributed by atoms with Crippen LogP contribution in [0.4, 0.5) is 5.82 Å². The highest BCUT2D eigenvalue weighted by Crippen LogP contribution is 2.28. The second-order valence-corrected chi connectivity index (χ2v) is 3.19. The molecule has 0 aliphatic rings. The highest BCUT2D eigenvalue weighted by molar-refractivity contribution is 9.10. The van der Waals surface area contributed by atoms with Crippen molar-refractivity contribution < 1.29 is 4.52 Å². The van der Waals surface area contributed by atoms with Crippen molar-refractivity contribution in [3.63, 3.8) is 0 Å². The molecule has 56 valence electrons. The molecule has 1 aromatic rings. The molecule has 0 amide bonds. The molecular formula is C6H9BrN2O. The molecule has 4 heteroatoms. The van der Waals surface area contributed by atoms with Gasteiger partial charge in [0.2, 0.25) is 0 Å². The van der Waals surface area contributed by atoms with E-state index in [0.717, 1.165) is 10.2 Å². The van der Waals surface area contributed by atoms with Crippen molar-refractivity contribution in [2.24, 2.45) is 0 Å². The van der Waals surface area contributed by atoms with Gasteiger partial charge in [-0.3, -0.25) is 0 Å². The molecule has 3 nitrogen and oxygen atoms in total. The van der Waals surface area contributed by atoms with Crippen molar-refractivity contribution in [1.29, 1.82) is 0 Å². The number of aromatic nitrogens is 1. The number of hydrogen-bond donors (Lipinski definition) is 1.